The molecule has 0 unspecified atom stereocenters. The molecule has 7 heteroatoms. The fourth-order valence-corrected chi connectivity index (χ4v) is 2.84. The number of hydrogen-bond acceptors (Lipinski definition) is 7. The molecular weight excluding hydrogens is 326 g/mol. The largest absolute Gasteiger partial charge is 0.493 e. The smallest absolute Gasteiger partial charge is 0.204 e. The molecule has 0 saturated carbocycles. The van der Waals surface area contributed by atoms with Crippen LogP contribution in [0.3, 0.4) is 0 Å². The highest BCUT2D eigenvalue weighted by Crippen LogP contribution is 2.28. The second-order valence-corrected chi connectivity index (χ2v) is 6.12. The molecule has 0 aliphatic carbocycles. The van der Waals surface area contributed by atoms with Gasteiger partial charge in [0.05, 0.1) is 30.5 Å². The summed E-state index contributed by atoms with van der Waals surface area (Å²) < 4.78 is 11.0. The molecule has 2 aromatic rings. The van der Waals surface area contributed by atoms with Gasteiger partial charge in [0.1, 0.15) is 0 Å². The van der Waals surface area contributed by atoms with E-state index >= 15 is 0 Å². The summed E-state index contributed by atoms with van der Waals surface area (Å²) in [4.78, 5) is 16.4. The molecule has 0 aliphatic heterocycles. The van der Waals surface area contributed by atoms with Gasteiger partial charge in [-0.25, -0.2) is 4.98 Å². The van der Waals surface area contributed by atoms with Crippen LogP contribution >= 0.6 is 11.3 Å². The molecular formula is C17H21N3O3S. The highest BCUT2D eigenvalue weighted by Gasteiger charge is 2.10. The van der Waals surface area contributed by atoms with E-state index in [0.29, 0.717) is 33.8 Å². The minimum absolute atomic E-state index is 0.00917. The molecule has 128 valence electrons. The number of aromatic nitrogens is 1. The van der Waals surface area contributed by atoms with Gasteiger partial charge < -0.3 is 9.47 Å². The number of hydrazone groups is 1. The van der Waals surface area contributed by atoms with Gasteiger partial charge in [-0.15, -0.1) is 0 Å². The van der Waals surface area contributed by atoms with E-state index in [1.807, 2.05) is 32.0 Å². The number of nitrogens with one attached hydrogen (secondary N) is 1. The fraction of sp³-hybridized carbons (Fsp3) is 0.353. The van der Waals surface area contributed by atoms with Crippen LogP contribution in [0.25, 0.3) is 0 Å². The van der Waals surface area contributed by atoms with Crippen LogP contribution in [-0.4, -0.2) is 30.7 Å². The second kappa shape index (κ2) is 8.44. The first-order chi connectivity index (χ1) is 11.5. The van der Waals surface area contributed by atoms with Crippen molar-refractivity contribution in [2.45, 2.75) is 27.2 Å². The fourth-order valence-electron chi connectivity index (χ4n) is 2.03. The van der Waals surface area contributed by atoms with Crippen LogP contribution in [0.1, 0.15) is 41.2 Å². The van der Waals surface area contributed by atoms with E-state index < -0.39 is 0 Å². The number of anilines is 1. The quantitative estimate of drug-likeness (QED) is 0.445. The summed E-state index contributed by atoms with van der Waals surface area (Å²) in [5.74, 6) is 1.39. The van der Waals surface area contributed by atoms with Crippen molar-refractivity contribution in [3.63, 3.8) is 0 Å². The Kier molecular flexibility index (Phi) is 6.31. The molecule has 0 spiro atoms. The lowest BCUT2D eigenvalue weighted by atomic mass is 10.2. The number of carbonyl (C=O) groups is 1. The minimum atomic E-state index is 0.00917. The summed E-state index contributed by atoms with van der Waals surface area (Å²) in [6.07, 6.45) is 2.59. The zero-order valence-corrected chi connectivity index (χ0v) is 15.1. The number of nitrogens with zero attached hydrogens (tertiary/aromatic N) is 2. The monoisotopic (exact) mass is 347 g/mol. The first-order valence-corrected chi connectivity index (χ1v) is 8.45. The average Bonchev–Trinajstić information content (AvgIpc) is 2.94. The Morgan fingerprint density at radius 3 is 2.83 bits per heavy atom. The van der Waals surface area contributed by atoms with Gasteiger partial charge in [0.25, 0.3) is 0 Å². The zero-order chi connectivity index (χ0) is 17.5. The number of carbonyl (C=O) groups excluding carboxylic acids is 1. The molecule has 0 bridgehead atoms. The van der Waals surface area contributed by atoms with Crippen molar-refractivity contribution in [2.24, 2.45) is 5.10 Å². The maximum Gasteiger partial charge on any atom is 0.204 e. The summed E-state index contributed by atoms with van der Waals surface area (Å²) in [5.41, 5.74) is 4.44. The van der Waals surface area contributed by atoms with Crippen molar-refractivity contribution in [1.29, 1.82) is 0 Å². The van der Waals surface area contributed by atoms with Crippen LogP contribution in [0, 0.1) is 6.92 Å². The molecule has 2 rings (SSSR count). The van der Waals surface area contributed by atoms with E-state index in [4.69, 9.17) is 9.47 Å². The maximum absolute atomic E-state index is 11.4. The standard InChI is InChI=1S/C17H21N3O3S/c1-5-8-23-15-9-13(6-7-14(15)22-4)10-18-20-17-19-11(2)16(24-17)12(3)21/h6-7,9-10H,5,8H2,1-4H3,(H,19,20)/b18-10-. The molecule has 0 amide bonds. The SMILES string of the molecule is CCCOc1cc(/C=N\Nc2nc(C)c(C(C)=O)s2)ccc1OC. The summed E-state index contributed by atoms with van der Waals surface area (Å²) >= 11 is 1.29. The van der Waals surface area contributed by atoms with E-state index in [1.165, 1.54) is 18.3 Å². The summed E-state index contributed by atoms with van der Waals surface area (Å²) in [6.45, 7) is 6.01. The van der Waals surface area contributed by atoms with Crippen molar-refractivity contribution in [2.75, 3.05) is 19.1 Å². The first-order valence-electron chi connectivity index (χ1n) is 7.63. The van der Waals surface area contributed by atoms with E-state index in [1.54, 1.807) is 13.3 Å². The highest BCUT2D eigenvalue weighted by molar-refractivity contribution is 7.17. The van der Waals surface area contributed by atoms with Crippen LogP contribution in [-0.2, 0) is 0 Å². The van der Waals surface area contributed by atoms with Crippen LogP contribution in [0.2, 0.25) is 0 Å². The van der Waals surface area contributed by atoms with Gasteiger partial charge in [-0.3, -0.25) is 10.2 Å². The molecule has 0 fully saturated rings. The number of thiazole rings is 1. The van der Waals surface area contributed by atoms with E-state index in [9.17, 15) is 4.79 Å². The number of ketones is 1. The van der Waals surface area contributed by atoms with Crippen molar-refractivity contribution >= 4 is 28.5 Å². The lowest BCUT2D eigenvalue weighted by Crippen LogP contribution is -1.99. The lowest BCUT2D eigenvalue weighted by Gasteiger charge is -2.10. The van der Waals surface area contributed by atoms with Gasteiger partial charge in [0.2, 0.25) is 5.13 Å². The van der Waals surface area contributed by atoms with E-state index in [0.717, 1.165) is 12.0 Å². The average molecular weight is 347 g/mol. The first kappa shape index (κ1) is 17.9. The molecule has 1 N–H and O–H groups in total. The lowest BCUT2D eigenvalue weighted by molar-refractivity contribution is 0.102. The summed E-state index contributed by atoms with van der Waals surface area (Å²) in [7, 11) is 1.61. The number of rotatable bonds is 8. The van der Waals surface area contributed by atoms with Gasteiger partial charge in [-0.2, -0.15) is 5.10 Å². The summed E-state index contributed by atoms with van der Waals surface area (Å²) in [6, 6.07) is 5.60. The number of aryl methyl sites for hydroxylation is 1. The molecule has 1 heterocycles. The van der Waals surface area contributed by atoms with E-state index in [2.05, 4.69) is 15.5 Å². The normalized spacial score (nSPS) is 10.8. The van der Waals surface area contributed by atoms with Gasteiger partial charge in [-0.1, -0.05) is 18.3 Å². The predicted molar refractivity (Wildman–Crippen MR) is 96.9 cm³/mol. The third-order valence-electron chi connectivity index (χ3n) is 3.14. The molecule has 0 aliphatic rings. The number of methoxy groups -OCH3 is 1. The Balaban J connectivity index is 2.08. The third kappa shape index (κ3) is 4.55. The number of Topliss-reactive ketones (excluding diaryl/α,β-unsaturated/α-hetero) is 1. The van der Waals surface area contributed by atoms with Crippen LogP contribution in [0.5, 0.6) is 11.5 Å². The Morgan fingerprint density at radius 1 is 1.42 bits per heavy atom. The summed E-state index contributed by atoms with van der Waals surface area (Å²) in [5, 5.41) is 4.76. The highest BCUT2D eigenvalue weighted by atomic mass is 32.1. The Morgan fingerprint density at radius 2 is 2.21 bits per heavy atom. The van der Waals surface area contributed by atoms with Crippen molar-refractivity contribution in [3.05, 3.63) is 34.3 Å². The molecule has 0 radical (unpaired) electrons. The van der Waals surface area contributed by atoms with Gasteiger partial charge in [0.15, 0.2) is 17.3 Å². The van der Waals surface area contributed by atoms with Crippen LogP contribution in [0.15, 0.2) is 23.3 Å². The van der Waals surface area contributed by atoms with Crippen LogP contribution in [0.4, 0.5) is 5.13 Å². The Labute approximate surface area is 145 Å². The van der Waals surface area contributed by atoms with Crippen molar-refractivity contribution < 1.29 is 14.3 Å². The number of benzene rings is 1. The molecule has 24 heavy (non-hydrogen) atoms. The Hall–Kier alpha value is -2.41. The van der Waals surface area contributed by atoms with Gasteiger partial charge in [-0.05, 0) is 37.1 Å². The Bertz CT molecular complexity index is 741. The molecule has 1 aromatic heterocycles. The molecule has 0 saturated heterocycles. The van der Waals surface area contributed by atoms with Crippen molar-refractivity contribution in [1.82, 2.24) is 4.98 Å². The van der Waals surface area contributed by atoms with Crippen LogP contribution < -0.4 is 14.9 Å². The van der Waals surface area contributed by atoms with E-state index in [-0.39, 0.29) is 5.78 Å². The number of ether oxygens (including phenoxy) is 2. The molecule has 6 nitrogen and oxygen atoms in total. The zero-order valence-electron chi connectivity index (χ0n) is 14.3. The van der Waals surface area contributed by atoms with Crippen molar-refractivity contribution in [3.8, 4) is 11.5 Å². The number of hydrogen-bond donors (Lipinski definition) is 1. The van der Waals surface area contributed by atoms with Gasteiger partial charge in [0, 0.05) is 6.92 Å². The van der Waals surface area contributed by atoms with Gasteiger partial charge >= 0.3 is 0 Å². The second-order valence-electron chi connectivity index (χ2n) is 5.12. The molecule has 0 atom stereocenters. The minimum Gasteiger partial charge on any atom is -0.493 e. The predicted octanol–water partition coefficient (Wildman–Crippen LogP) is 3.90. The maximum atomic E-state index is 11.4. The third-order valence-corrected chi connectivity index (χ3v) is 4.30. The topological polar surface area (TPSA) is 72.8 Å². The molecule has 1 aromatic carbocycles.